The van der Waals surface area contributed by atoms with Crippen LogP contribution in [0.15, 0.2) is 24.3 Å². The minimum Gasteiger partial charge on any atom is -0.392 e. The van der Waals surface area contributed by atoms with E-state index in [9.17, 15) is 5.11 Å². The Kier molecular flexibility index (Phi) is 3.39. The van der Waals surface area contributed by atoms with Gasteiger partial charge in [0.25, 0.3) is 0 Å². The van der Waals surface area contributed by atoms with Gasteiger partial charge in [-0.3, -0.25) is 0 Å². The third-order valence-electron chi connectivity index (χ3n) is 3.32. The first-order chi connectivity index (χ1) is 7.31. The average Bonchev–Trinajstić information content (AvgIpc) is 2.29. The second kappa shape index (κ2) is 4.77. The number of rotatable bonds is 3. The normalized spacial score (nSPS) is 22.1. The van der Waals surface area contributed by atoms with E-state index in [1.165, 1.54) is 30.4 Å². The van der Waals surface area contributed by atoms with E-state index in [4.69, 9.17) is 5.73 Å². The van der Waals surface area contributed by atoms with Crippen LogP contribution >= 0.6 is 0 Å². The number of aliphatic hydroxyl groups is 1. The number of aliphatic hydroxyl groups excluding tert-OH is 1. The maximum Gasteiger partial charge on any atom is 0.0668 e. The number of benzene rings is 1. The molecule has 0 saturated heterocycles. The predicted molar refractivity (Wildman–Crippen MR) is 61.8 cm³/mol. The molecule has 1 aromatic carbocycles. The van der Waals surface area contributed by atoms with Crippen LogP contribution in [0.5, 0.6) is 0 Å². The first-order valence-electron chi connectivity index (χ1n) is 5.77. The van der Waals surface area contributed by atoms with Gasteiger partial charge in [-0.2, -0.15) is 0 Å². The molecule has 2 atom stereocenters. The summed E-state index contributed by atoms with van der Waals surface area (Å²) in [7, 11) is 0. The van der Waals surface area contributed by atoms with Crippen molar-refractivity contribution in [2.45, 2.75) is 37.7 Å². The molecule has 1 aliphatic rings. The molecule has 3 N–H and O–H groups in total. The highest BCUT2D eigenvalue weighted by Gasteiger charge is 2.21. The monoisotopic (exact) mass is 205 g/mol. The Labute approximate surface area is 91.1 Å². The minimum atomic E-state index is -0.346. The molecule has 1 aromatic rings. The lowest BCUT2D eigenvalue weighted by atomic mass is 9.80. The van der Waals surface area contributed by atoms with Crippen LogP contribution in [0.4, 0.5) is 0 Å². The summed E-state index contributed by atoms with van der Waals surface area (Å²) in [5.74, 6) is 0.508. The fourth-order valence-corrected chi connectivity index (χ4v) is 2.52. The minimum absolute atomic E-state index is 0.346. The lowest BCUT2D eigenvalue weighted by molar-refractivity contribution is 0.159. The molecule has 0 amide bonds. The van der Waals surface area contributed by atoms with E-state index in [-0.39, 0.29) is 6.10 Å². The van der Waals surface area contributed by atoms with Gasteiger partial charge in [-0.1, -0.05) is 24.3 Å². The van der Waals surface area contributed by atoms with Gasteiger partial charge in [0.05, 0.1) is 6.10 Å². The summed E-state index contributed by atoms with van der Waals surface area (Å²) in [5.41, 5.74) is 8.34. The molecule has 0 bridgehead atoms. The Morgan fingerprint density at radius 3 is 3.00 bits per heavy atom. The molecule has 0 radical (unpaired) electrons. The highest BCUT2D eigenvalue weighted by Crippen LogP contribution is 2.34. The van der Waals surface area contributed by atoms with Crippen molar-refractivity contribution >= 4 is 0 Å². The number of hydrogen-bond acceptors (Lipinski definition) is 2. The molecular formula is C13H19NO. The summed E-state index contributed by atoms with van der Waals surface area (Å²) in [6.45, 7) is 0.374. The second-order valence-electron chi connectivity index (χ2n) is 4.41. The molecule has 2 nitrogen and oxygen atoms in total. The molecule has 15 heavy (non-hydrogen) atoms. The second-order valence-corrected chi connectivity index (χ2v) is 4.41. The van der Waals surface area contributed by atoms with Crippen LogP contribution in [-0.4, -0.2) is 17.8 Å². The molecular weight excluding hydrogens is 186 g/mol. The van der Waals surface area contributed by atoms with Crippen molar-refractivity contribution in [2.24, 2.45) is 5.73 Å². The third kappa shape index (κ3) is 2.39. The summed E-state index contributed by atoms with van der Waals surface area (Å²) >= 11 is 0. The Hall–Kier alpha value is -0.860. The van der Waals surface area contributed by atoms with Crippen molar-refractivity contribution in [3.63, 3.8) is 0 Å². The molecule has 2 heteroatoms. The molecule has 0 heterocycles. The van der Waals surface area contributed by atoms with E-state index in [1.54, 1.807) is 0 Å². The van der Waals surface area contributed by atoms with E-state index in [1.807, 2.05) is 0 Å². The van der Waals surface area contributed by atoms with Crippen molar-refractivity contribution in [1.29, 1.82) is 0 Å². The third-order valence-corrected chi connectivity index (χ3v) is 3.32. The van der Waals surface area contributed by atoms with Crippen LogP contribution in [0.2, 0.25) is 0 Å². The highest BCUT2D eigenvalue weighted by atomic mass is 16.3. The largest absolute Gasteiger partial charge is 0.392 e. The molecule has 2 unspecified atom stereocenters. The molecule has 0 aliphatic heterocycles. The van der Waals surface area contributed by atoms with Gasteiger partial charge in [-0.25, -0.2) is 0 Å². The SMILES string of the molecule is NCC(O)CC1CCCc2ccccc21. The van der Waals surface area contributed by atoms with Crippen LogP contribution < -0.4 is 5.73 Å². The van der Waals surface area contributed by atoms with Crippen molar-refractivity contribution < 1.29 is 5.11 Å². The molecule has 1 aliphatic carbocycles. The van der Waals surface area contributed by atoms with E-state index in [0.717, 1.165) is 6.42 Å². The van der Waals surface area contributed by atoms with Gasteiger partial charge in [0.2, 0.25) is 0 Å². The zero-order valence-corrected chi connectivity index (χ0v) is 9.02. The Morgan fingerprint density at radius 2 is 2.20 bits per heavy atom. The van der Waals surface area contributed by atoms with Crippen LogP contribution in [0.1, 0.15) is 36.3 Å². The van der Waals surface area contributed by atoms with E-state index in [2.05, 4.69) is 24.3 Å². The maximum atomic E-state index is 9.61. The molecule has 0 fully saturated rings. The maximum absolute atomic E-state index is 9.61. The first-order valence-corrected chi connectivity index (χ1v) is 5.77. The van der Waals surface area contributed by atoms with Crippen molar-refractivity contribution in [3.8, 4) is 0 Å². The van der Waals surface area contributed by atoms with Gasteiger partial charge in [0.15, 0.2) is 0 Å². The number of fused-ring (bicyclic) bond motifs is 1. The molecule has 2 rings (SSSR count). The predicted octanol–water partition coefficient (Wildman–Crippen LogP) is 1.82. The van der Waals surface area contributed by atoms with Crippen LogP contribution in [0.25, 0.3) is 0 Å². The van der Waals surface area contributed by atoms with Gasteiger partial charge in [0.1, 0.15) is 0 Å². The van der Waals surface area contributed by atoms with Crippen LogP contribution in [0.3, 0.4) is 0 Å². The van der Waals surface area contributed by atoms with Crippen LogP contribution in [0, 0.1) is 0 Å². The average molecular weight is 205 g/mol. The standard InChI is InChI=1S/C13H19NO/c14-9-12(15)8-11-6-3-5-10-4-1-2-7-13(10)11/h1-2,4,7,11-12,15H,3,5-6,8-9,14H2. The summed E-state index contributed by atoms with van der Waals surface area (Å²) in [6.07, 6.45) is 4.08. The van der Waals surface area contributed by atoms with Gasteiger partial charge in [0, 0.05) is 6.54 Å². The van der Waals surface area contributed by atoms with E-state index in [0.29, 0.717) is 12.5 Å². The van der Waals surface area contributed by atoms with E-state index >= 15 is 0 Å². The van der Waals surface area contributed by atoms with E-state index < -0.39 is 0 Å². The summed E-state index contributed by atoms with van der Waals surface area (Å²) in [4.78, 5) is 0. The lowest BCUT2D eigenvalue weighted by Gasteiger charge is -2.26. The first kappa shape index (κ1) is 10.7. The van der Waals surface area contributed by atoms with Gasteiger partial charge in [-0.15, -0.1) is 0 Å². The molecule has 82 valence electrons. The van der Waals surface area contributed by atoms with Gasteiger partial charge in [-0.05, 0) is 42.7 Å². The quantitative estimate of drug-likeness (QED) is 0.790. The Balaban J connectivity index is 2.15. The number of aryl methyl sites for hydroxylation is 1. The van der Waals surface area contributed by atoms with Crippen molar-refractivity contribution in [1.82, 2.24) is 0 Å². The molecule has 0 aromatic heterocycles. The Morgan fingerprint density at radius 1 is 1.40 bits per heavy atom. The van der Waals surface area contributed by atoms with Gasteiger partial charge >= 0.3 is 0 Å². The molecule has 0 spiro atoms. The summed E-state index contributed by atoms with van der Waals surface area (Å²) in [6, 6.07) is 8.59. The lowest BCUT2D eigenvalue weighted by Crippen LogP contribution is -2.23. The zero-order chi connectivity index (χ0) is 10.7. The number of nitrogens with two attached hydrogens (primary N) is 1. The number of hydrogen-bond donors (Lipinski definition) is 2. The van der Waals surface area contributed by atoms with Crippen molar-refractivity contribution in [2.75, 3.05) is 6.54 Å². The fraction of sp³-hybridized carbons (Fsp3) is 0.538. The summed E-state index contributed by atoms with van der Waals surface area (Å²) < 4.78 is 0. The summed E-state index contributed by atoms with van der Waals surface area (Å²) in [5, 5.41) is 9.61. The highest BCUT2D eigenvalue weighted by molar-refractivity contribution is 5.32. The Bertz CT molecular complexity index is 324. The zero-order valence-electron chi connectivity index (χ0n) is 9.02. The van der Waals surface area contributed by atoms with Gasteiger partial charge < -0.3 is 10.8 Å². The molecule has 0 saturated carbocycles. The van der Waals surface area contributed by atoms with Crippen molar-refractivity contribution in [3.05, 3.63) is 35.4 Å². The smallest absolute Gasteiger partial charge is 0.0668 e. The van der Waals surface area contributed by atoms with Crippen LogP contribution in [-0.2, 0) is 6.42 Å². The fourth-order valence-electron chi connectivity index (χ4n) is 2.52. The topological polar surface area (TPSA) is 46.2 Å².